The standard InChI is InChI=1S/C27H27NO2/c1-18-23-7-5-6-8-24(23)28-25(18)27(17-29,21-13-15-22(30)16-14-21)20-11-9-19(10-12-20)26(2,3)4/h5-17,28,30H,1-4H3/t27-/m1/s1. The van der Waals surface area contributed by atoms with Gasteiger partial charge < -0.3 is 14.9 Å². The van der Waals surface area contributed by atoms with Crippen LogP contribution in [0.25, 0.3) is 10.9 Å². The number of hydrogen-bond acceptors (Lipinski definition) is 2. The molecule has 0 fully saturated rings. The molecule has 152 valence electrons. The number of phenolic OH excluding ortho intramolecular Hbond substituents is 1. The fourth-order valence-electron chi connectivity index (χ4n) is 4.28. The van der Waals surface area contributed by atoms with E-state index in [4.69, 9.17) is 0 Å². The maximum atomic E-state index is 12.9. The van der Waals surface area contributed by atoms with Crippen molar-refractivity contribution in [2.24, 2.45) is 0 Å². The van der Waals surface area contributed by atoms with E-state index in [-0.39, 0.29) is 11.2 Å². The Kier molecular flexibility index (Phi) is 4.77. The Morgan fingerprint density at radius 3 is 1.87 bits per heavy atom. The molecule has 0 aliphatic carbocycles. The number of benzene rings is 3. The van der Waals surface area contributed by atoms with E-state index in [0.717, 1.165) is 39.6 Å². The average molecular weight is 398 g/mol. The average Bonchev–Trinajstić information content (AvgIpc) is 3.07. The van der Waals surface area contributed by atoms with Gasteiger partial charge in [-0.15, -0.1) is 0 Å². The van der Waals surface area contributed by atoms with E-state index in [0.29, 0.717) is 0 Å². The molecule has 3 heteroatoms. The normalized spacial score (nSPS) is 13.9. The first-order valence-corrected chi connectivity index (χ1v) is 10.2. The van der Waals surface area contributed by atoms with Gasteiger partial charge in [-0.2, -0.15) is 0 Å². The molecule has 0 saturated carbocycles. The summed E-state index contributed by atoms with van der Waals surface area (Å²) in [5.74, 6) is 0.176. The Hall–Kier alpha value is -3.33. The molecular formula is C27H27NO2. The van der Waals surface area contributed by atoms with Crippen LogP contribution in [0.3, 0.4) is 0 Å². The highest BCUT2D eigenvalue weighted by Crippen LogP contribution is 2.41. The summed E-state index contributed by atoms with van der Waals surface area (Å²) in [5, 5.41) is 10.9. The Morgan fingerprint density at radius 2 is 1.33 bits per heavy atom. The van der Waals surface area contributed by atoms with Crippen molar-refractivity contribution in [2.45, 2.75) is 38.5 Å². The second-order valence-corrected chi connectivity index (χ2v) is 8.97. The summed E-state index contributed by atoms with van der Waals surface area (Å²) in [6, 6.07) is 23.3. The van der Waals surface area contributed by atoms with Crippen LogP contribution in [-0.4, -0.2) is 16.4 Å². The maximum absolute atomic E-state index is 12.9. The van der Waals surface area contributed by atoms with Gasteiger partial charge in [0, 0.05) is 16.6 Å². The molecule has 1 atom stereocenters. The van der Waals surface area contributed by atoms with Crippen LogP contribution in [0.15, 0.2) is 72.8 Å². The number of phenols is 1. The third-order valence-corrected chi connectivity index (χ3v) is 6.07. The summed E-state index contributed by atoms with van der Waals surface area (Å²) in [6.45, 7) is 8.58. The van der Waals surface area contributed by atoms with Crippen molar-refractivity contribution < 1.29 is 9.90 Å². The molecule has 0 amide bonds. The molecule has 0 saturated heterocycles. The zero-order valence-corrected chi connectivity index (χ0v) is 17.9. The summed E-state index contributed by atoms with van der Waals surface area (Å²) in [6.07, 6.45) is 1.02. The lowest BCUT2D eigenvalue weighted by molar-refractivity contribution is -0.110. The van der Waals surface area contributed by atoms with Gasteiger partial charge in [0.2, 0.25) is 0 Å². The van der Waals surface area contributed by atoms with Crippen molar-refractivity contribution in [2.75, 3.05) is 0 Å². The van der Waals surface area contributed by atoms with Crippen LogP contribution in [0.2, 0.25) is 0 Å². The van der Waals surface area contributed by atoms with Gasteiger partial charge in [0.15, 0.2) is 0 Å². The monoisotopic (exact) mass is 397 g/mol. The lowest BCUT2D eigenvalue weighted by atomic mass is 9.71. The van der Waals surface area contributed by atoms with E-state index >= 15 is 0 Å². The second kappa shape index (κ2) is 7.17. The van der Waals surface area contributed by atoms with Crippen molar-refractivity contribution in [3.63, 3.8) is 0 Å². The number of rotatable bonds is 4. The van der Waals surface area contributed by atoms with Gasteiger partial charge in [-0.25, -0.2) is 0 Å². The van der Waals surface area contributed by atoms with E-state index in [9.17, 15) is 9.90 Å². The van der Waals surface area contributed by atoms with E-state index in [1.54, 1.807) is 12.1 Å². The molecular weight excluding hydrogens is 370 g/mol. The maximum Gasteiger partial charge on any atom is 0.140 e. The lowest BCUT2D eigenvalue weighted by Crippen LogP contribution is -2.32. The van der Waals surface area contributed by atoms with Crippen molar-refractivity contribution in [3.8, 4) is 5.75 Å². The Balaban J connectivity index is 2.03. The largest absolute Gasteiger partial charge is 0.508 e. The molecule has 4 aromatic rings. The van der Waals surface area contributed by atoms with Gasteiger partial charge in [0.25, 0.3) is 0 Å². The molecule has 0 spiro atoms. The van der Waals surface area contributed by atoms with Crippen LogP contribution >= 0.6 is 0 Å². The van der Waals surface area contributed by atoms with Crippen LogP contribution in [0.1, 0.15) is 48.7 Å². The number of carbonyl (C=O) groups excluding carboxylic acids is 1. The molecule has 3 nitrogen and oxygen atoms in total. The van der Waals surface area contributed by atoms with Crippen molar-refractivity contribution in [3.05, 3.63) is 101 Å². The highest BCUT2D eigenvalue weighted by molar-refractivity contribution is 5.90. The molecule has 2 N–H and O–H groups in total. The zero-order chi connectivity index (χ0) is 21.5. The smallest absolute Gasteiger partial charge is 0.140 e. The molecule has 1 heterocycles. The summed E-state index contributed by atoms with van der Waals surface area (Å²) >= 11 is 0. The summed E-state index contributed by atoms with van der Waals surface area (Å²) in [4.78, 5) is 16.5. The fraction of sp³-hybridized carbons (Fsp3) is 0.222. The molecule has 0 unspecified atom stereocenters. The van der Waals surface area contributed by atoms with Crippen LogP contribution in [0.5, 0.6) is 5.75 Å². The van der Waals surface area contributed by atoms with Crippen LogP contribution < -0.4 is 0 Å². The fourth-order valence-corrected chi connectivity index (χ4v) is 4.28. The predicted octanol–water partition coefficient (Wildman–Crippen LogP) is 6.01. The predicted molar refractivity (Wildman–Crippen MR) is 122 cm³/mol. The van der Waals surface area contributed by atoms with Crippen molar-refractivity contribution in [1.29, 1.82) is 0 Å². The quantitative estimate of drug-likeness (QED) is 0.414. The molecule has 30 heavy (non-hydrogen) atoms. The number of aryl methyl sites for hydroxylation is 1. The number of nitrogens with one attached hydrogen (secondary N) is 1. The summed E-state index contributed by atoms with van der Waals surface area (Å²) in [7, 11) is 0. The van der Waals surface area contributed by atoms with Crippen molar-refractivity contribution in [1.82, 2.24) is 4.98 Å². The van der Waals surface area contributed by atoms with E-state index < -0.39 is 5.41 Å². The van der Waals surface area contributed by atoms with Gasteiger partial charge in [-0.3, -0.25) is 0 Å². The molecule has 4 rings (SSSR count). The number of aldehydes is 1. The van der Waals surface area contributed by atoms with E-state index in [1.807, 2.05) is 42.5 Å². The van der Waals surface area contributed by atoms with Crippen LogP contribution in [0.4, 0.5) is 0 Å². The zero-order valence-electron chi connectivity index (χ0n) is 17.9. The first-order chi connectivity index (χ1) is 14.3. The van der Waals surface area contributed by atoms with E-state index in [2.05, 4.69) is 50.9 Å². The number of fused-ring (bicyclic) bond motifs is 1. The van der Waals surface area contributed by atoms with Gasteiger partial charge in [0.05, 0.1) is 0 Å². The molecule has 3 aromatic carbocycles. The second-order valence-electron chi connectivity index (χ2n) is 8.97. The van der Waals surface area contributed by atoms with Gasteiger partial charge in [-0.1, -0.05) is 75.4 Å². The number of H-pyrrole nitrogens is 1. The number of aromatic hydroxyl groups is 1. The Bertz CT molecular complexity index is 1190. The molecule has 0 bridgehead atoms. The highest BCUT2D eigenvalue weighted by atomic mass is 16.3. The number of aromatic amines is 1. The first-order valence-electron chi connectivity index (χ1n) is 10.2. The minimum Gasteiger partial charge on any atom is -0.508 e. The van der Waals surface area contributed by atoms with E-state index in [1.165, 1.54) is 5.56 Å². The van der Waals surface area contributed by atoms with Crippen molar-refractivity contribution >= 4 is 17.2 Å². The van der Waals surface area contributed by atoms with Gasteiger partial charge in [-0.05, 0) is 52.8 Å². The molecule has 1 aromatic heterocycles. The minimum absolute atomic E-state index is 0.0257. The third-order valence-electron chi connectivity index (χ3n) is 6.07. The SMILES string of the molecule is Cc1c([C@@](C=O)(c2ccc(O)cc2)c2ccc(C(C)(C)C)cc2)[nH]c2ccccc12. The number of aromatic nitrogens is 1. The van der Waals surface area contributed by atoms with Crippen LogP contribution in [-0.2, 0) is 15.6 Å². The summed E-state index contributed by atoms with van der Waals surface area (Å²) < 4.78 is 0. The first kappa shape index (κ1) is 20.0. The molecule has 0 aliphatic rings. The minimum atomic E-state index is -1.01. The number of para-hydroxylation sites is 1. The van der Waals surface area contributed by atoms with Crippen LogP contribution in [0, 0.1) is 6.92 Å². The molecule has 0 radical (unpaired) electrons. The highest BCUT2D eigenvalue weighted by Gasteiger charge is 2.39. The Labute approximate surface area is 177 Å². The molecule has 0 aliphatic heterocycles. The Morgan fingerprint density at radius 1 is 0.800 bits per heavy atom. The number of carbonyl (C=O) groups is 1. The third kappa shape index (κ3) is 3.11. The lowest BCUT2D eigenvalue weighted by Gasteiger charge is -2.30. The topological polar surface area (TPSA) is 53.1 Å². The van der Waals surface area contributed by atoms with Gasteiger partial charge in [0.1, 0.15) is 17.5 Å². The number of hydrogen-bond donors (Lipinski definition) is 2. The summed E-state index contributed by atoms with van der Waals surface area (Å²) in [5.41, 5.74) is 4.84. The van der Waals surface area contributed by atoms with Gasteiger partial charge >= 0.3 is 0 Å².